The lowest BCUT2D eigenvalue weighted by Crippen LogP contribution is -2.25. The van der Waals surface area contributed by atoms with Crippen LogP contribution in [0.4, 0.5) is 0 Å². The molecule has 0 saturated heterocycles. The predicted octanol–water partition coefficient (Wildman–Crippen LogP) is 0.894. The largest absolute Gasteiger partial charge is 0.469 e. The van der Waals surface area contributed by atoms with E-state index in [-0.39, 0.29) is 6.42 Å². The minimum Gasteiger partial charge on any atom is -0.469 e. The van der Waals surface area contributed by atoms with Crippen molar-refractivity contribution >= 4 is 11.9 Å². The first-order chi connectivity index (χ1) is 7.63. The first-order valence-corrected chi connectivity index (χ1v) is 5.03. The molecule has 1 unspecified atom stereocenters. The highest BCUT2D eigenvalue weighted by atomic mass is 16.5. The SMILES string of the molecule is COC(=O)C(CC(N)=O)Cc1ccccc1. The van der Waals surface area contributed by atoms with Crippen LogP contribution in [0.15, 0.2) is 30.3 Å². The molecule has 0 aliphatic heterocycles. The van der Waals surface area contributed by atoms with Gasteiger partial charge in [0.1, 0.15) is 0 Å². The lowest BCUT2D eigenvalue weighted by atomic mass is 9.96. The minimum absolute atomic E-state index is 0.0154. The second-order valence-electron chi connectivity index (χ2n) is 3.58. The van der Waals surface area contributed by atoms with Gasteiger partial charge in [-0.05, 0) is 12.0 Å². The third kappa shape index (κ3) is 3.73. The molecule has 0 aromatic heterocycles. The fraction of sp³-hybridized carbons (Fsp3) is 0.333. The molecule has 1 amide bonds. The number of carbonyl (C=O) groups excluding carboxylic acids is 2. The van der Waals surface area contributed by atoms with Crippen molar-refractivity contribution in [1.82, 2.24) is 0 Å². The zero-order chi connectivity index (χ0) is 12.0. The number of methoxy groups -OCH3 is 1. The second kappa shape index (κ2) is 5.90. The summed E-state index contributed by atoms with van der Waals surface area (Å²) in [4.78, 5) is 22.3. The van der Waals surface area contributed by atoms with Gasteiger partial charge in [-0.3, -0.25) is 9.59 Å². The summed E-state index contributed by atoms with van der Waals surface area (Å²) in [5.74, 6) is -1.39. The Morgan fingerprint density at radius 3 is 2.44 bits per heavy atom. The molecule has 1 aromatic carbocycles. The zero-order valence-electron chi connectivity index (χ0n) is 9.18. The summed E-state index contributed by atoms with van der Waals surface area (Å²) < 4.78 is 4.64. The van der Waals surface area contributed by atoms with Crippen molar-refractivity contribution in [3.63, 3.8) is 0 Å². The Morgan fingerprint density at radius 2 is 1.94 bits per heavy atom. The maximum Gasteiger partial charge on any atom is 0.309 e. The Bertz CT molecular complexity index is 362. The smallest absolute Gasteiger partial charge is 0.309 e. The molecular weight excluding hydrogens is 206 g/mol. The molecule has 2 N–H and O–H groups in total. The molecule has 0 saturated carbocycles. The van der Waals surface area contributed by atoms with Gasteiger partial charge in [0.15, 0.2) is 0 Å². The van der Waals surface area contributed by atoms with E-state index in [9.17, 15) is 9.59 Å². The second-order valence-corrected chi connectivity index (χ2v) is 3.58. The number of primary amides is 1. The van der Waals surface area contributed by atoms with Gasteiger partial charge in [0.05, 0.1) is 13.0 Å². The number of amides is 1. The highest BCUT2D eigenvalue weighted by Crippen LogP contribution is 2.13. The quantitative estimate of drug-likeness (QED) is 0.751. The van der Waals surface area contributed by atoms with E-state index in [1.54, 1.807) is 0 Å². The number of hydrogen-bond acceptors (Lipinski definition) is 3. The summed E-state index contributed by atoms with van der Waals surface area (Å²) in [5, 5.41) is 0. The fourth-order valence-corrected chi connectivity index (χ4v) is 1.55. The molecule has 0 fully saturated rings. The van der Waals surface area contributed by atoms with E-state index in [2.05, 4.69) is 4.74 Å². The van der Waals surface area contributed by atoms with Gasteiger partial charge in [0.2, 0.25) is 5.91 Å². The monoisotopic (exact) mass is 221 g/mol. The van der Waals surface area contributed by atoms with Crippen LogP contribution in [0.3, 0.4) is 0 Å². The van der Waals surface area contributed by atoms with Crippen LogP contribution in [0.5, 0.6) is 0 Å². The number of hydrogen-bond donors (Lipinski definition) is 1. The van der Waals surface area contributed by atoms with Gasteiger partial charge in [-0.15, -0.1) is 0 Å². The van der Waals surface area contributed by atoms with Crippen molar-refractivity contribution < 1.29 is 14.3 Å². The Balaban J connectivity index is 2.70. The van der Waals surface area contributed by atoms with Gasteiger partial charge >= 0.3 is 5.97 Å². The van der Waals surface area contributed by atoms with Crippen molar-refractivity contribution in [2.24, 2.45) is 11.7 Å². The molecule has 0 bridgehead atoms. The molecule has 0 radical (unpaired) electrons. The number of ether oxygens (including phenoxy) is 1. The van der Waals surface area contributed by atoms with Gasteiger partial charge in [0.25, 0.3) is 0 Å². The molecule has 1 atom stereocenters. The van der Waals surface area contributed by atoms with Crippen LogP contribution in [0.1, 0.15) is 12.0 Å². The van der Waals surface area contributed by atoms with Gasteiger partial charge in [-0.2, -0.15) is 0 Å². The molecule has 0 aliphatic carbocycles. The van der Waals surface area contributed by atoms with Crippen LogP contribution < -0.4 is 5.73 Å². The highest BCUT2D eigenvalue weighted by Gasteiger charge is 2.21. The van der Waals surface area contributed by atoms with Crippen LogP contribution in [-0.2, 0) is 20.7 Å². The van der Waals surface area contributed by atoms with Gasteiger partial charge in [-0.1, -0.05) is 30.3 Å². The molecule has 4 nitrogen and oxygen atoms in total. The van der Waals surface area contributed by atoms with Crippen LogP contribution in [0.2, 0.25) is 0 Å². The Morgan fingerprint density at radius 1 is 1.31 bits per heavy atom. The van der Waals surface area contributed by atoms with E-state index < -0.39 is 17.8 Å². The van der Waals surface area contributed by atoms with Gasteiger partial charge in [-0.25, -0.2) is 0 Å². The minimum atomic E-state index is -0.495. The maximum absolute atomic E-state index is 11.4. The summed E-state index contributed by atoms with van der Waals surface area (Å²) in [6.07, 6.45) is 0.484. The molecule has 16 heavy (non-hydrogen) atoms. The summed E-state index contributed by atoms with van der Waals surface area (Å²) in [6.45, 7) is 0. The zero-order valence-corrected chi connectivity index (χ0v) is 9.18. The van der Waals surface area contributed by atoms with Crippen molar-refractivity contribution in [3.8, 4) is 0 Å². The van der Waals surface area contributed by atoms with Crippen LogP contribution in [0.25, 0.3) is 0 Å². The molecule has 0 heterocycles. The van der Waals surface area contributed by atoms with E-state index in [1.807, 2.05) is 30.3 Å². The van der Waals surface area contributed by atoms with E-state index >= 15 is 0 Å². The van der Waals surface area contributed by atoms with Crippen LogP contribution in [0, 0.1) is 5.92 Å². The van der Waals surface area contributed by atoms with Gasteiger partial charge < -0.3 is 10.5 Å². The van der Waals surface area contributed by atoms with E-state index in [4.69, 9.17) is 5.73 Å². The Kier molecular flexibility index (Phi) is 4.51. The highest BCUT2D eigenvalue weighted by molar-refractivity contribution is 5.82. The number of rotatable bonds is 5. The molecule has 1 aromatic rings. The molecular formula is C12H15NO3. The Hall–Kier alpha value is -1.84. The van der Waals surface area contributed by atoms with Gasteiger partial charge in [0, 0.05) is 6.42 Å². The van der Waals surface area contributed by atoms with Crippen LogP contribution >= 0.6 is 0 Å². The summed E-state index contributed by atoms with van der Waals surface area (Å²) in [5.41, 5.74) is 6.08. The molecule has 86 valence electrons. The average Bonchev–Trinajstić information content (AvgIpc) is 2.28. The molecule has 1 rings (SSSR count). The lowest BCUT2D eigenvalue weighted by molar-refractivity contribution is -0.147. The van der Waals surface area contributed by atoms with Crippen molar-refractivity contribution in [2.45, 2.75) is 12.8 Å². The van der Waals surface area contributed by atoms with Crippen molar-refractivity contribution in [1.29, 1.82) is 0 Å². The number of benzene rings is 1. The van der Waals surface area contributed by atoms with Crippen LogP contribution in [-0.4, -0.2) is 19.0 Å². The lowest BCUT2D eigenvalue weighted by Gasteiger charge is -2.12. The topological polar surface area (TPSA) is 69.4 Å². The first-order valence-electron chi connectivity index (χ1n) is 5.03. The third-order valence-electron chi connectivity index (χ3n) is 2.31. The molecule has 0 aliphatic rings. The predicted molar refractivity (Wildman–Crippen MR) is 59.5 cm³/mol. The fourth-order valence-electron chi connectivity index (χ4n) is 1.55. The summed E-state index contributed by atoms with van der Waals surface area (Å²) >= 11 is 0. The number of nitrogens with two attached hydrogens (primary N) is 1. The Labute approximate surface area is 94.4 Å². The third-order valence-corrected chi connectivity index (χ3v) is 2.31. The summed E-state index contributed by atoms with van der Waals surface area (Å²) in [7, 11) is 1.31. The molecule has 4 heteroatoms. The molecule has 0 spiro atoms. The van der Waals surface area contributed by atoms with Crippen molar-refractivity contribution in [2.75, 3.05) is 7.11 Å². The first kappa shape index (κ1) is 12.2. The summed E-state index contributed by atoms with van der Waals surface area (Å²) in [6, 6.07) is 9.46. The van der Waals surface area contributed by atoms with E-state index in [1.165, 1.54) is 7.11 Å². The number of esters is 1. The van der Waals surface area contributed by atoms with E-state index in [0.29, 0.717) is 6.42 Å². The number of carbonyl (C=O) groups is 2. The standard InChI is InChI=1S/C12H15NO3/c1-16-12(15)10(8-11(13)14)7-9-5-3-2-4-6-9/h2-6,10H,7-8H2,1H3,(H2,13,14). The average molecular weight is 221 g/mol. The maximum atomic E-state index is 11.4. The van der Waals surface area contributed by atoms with E-state index in [0.717, 1.165) is 5.56 Å². The van der Waals surface area contributed by atoms with Crippen molar-refractivity contribution in [3.05, 3.63) is 35.9 Å². The normalized spacial score (nSPS) is 11.8.